The van der Waals surface area contributed by atoms with Gasteiger partial charge in [-0.15, -0.1) is 5.10 Å². The first-order valence-corrected chi connectivity index (χ1v) is 14.1. The van der Waals surface area contributed by atoms with Crippen LogP contribution in [0.15, 0.2) is 24.3 Å². The number of rotatable bonds is 6. The number of hydrogen-bond acceptors (Lipinski definition) is 6. The van der Waals surface area contributed by atoms with Gasteiger partial charge in [-0.25, -0.2) is 0 Å². The first kappa shape index (κ1) is 31.8. The molecule has 1 saturated carbocycles. The molecule has 3 heterocycles. The maximum Gasteiger partial charge on any atom is 0.418 e. The largest absolute Gasteiger partial charge is 0.418 e. The molecular formula is C28H30F9N7. The fourth-order valence-corrected chi connectivity index (χ4v) is 6.15. The minimum Gasteiger partial charge on any atom is -0.370 e. The van der Waals surface area contributed by atoms with E-state index in [4.69, 9.17) is 0 Å². The number of alkyl halides is 9. The van der Waals surface area contributed by atoms with Crippen molar-refractivity contribution >= 4 is 11.6 Å². The summed E-state index contributed by atoms with van der Waals surface area (Å²) >= 11 is 0. The average Bonchev–Trinajstić information content (AvgIpc) is 3.55. The number of benzene rings is 1. The summed E-state index contributed by atoms with van der Waals surface area (Å²) in [6.07, 6.45) is -10.2. The molecule has 1 atom stereocenters. The van der Waals surface area contributed by atoms with Crippen molar-refractivity contribution in [1.82, 2.24) is 25.2 Å². The van der Waals surface area contributed by atoms with Gasteiger partial charge in [0, 0.05) is 19.6 Å². The standard InChI is InChI=1S/C28H30F9N7/c1-16-21(28(35,36)37)13-23-24(38-16)22(8-5-9-43(23)14-17-6-3-4-7-17)44(25-39-41-42(2)40-25)15-18-10-19(26(29,30)31)12-20(11-18)27(32,33)34/h10-13,17,22H,3-9,14-15H2,1-2H3. The van der Waals surface area contributed by atoms with E-state index in [1.165, 1.54) is 18.9 Å². The molecule has 1 fully saturated rings. The predicted molar refractivity (Wildman–Crippen MR) is 142 cm³/mol. The van der Waals surface area contributed by atoms with E-state index < -0.39 is 47.8 Å². The lowest BCUT2D eigenvalue weighted by Crippen LogP contribution is -2.32. The van der Waals surface area contributed by atoms with Gasteiger partial charge in [0.05, 0.1) is 46.9 Å². The molecule has 0 spiro atoms. The summed E-state index contributed by atoms with van der Waals surface area (Å²) in [6, 6.07) is 1.45. The fraction of sp³-hybridized carbons (Fsp3) is 0.571. The van der Waals surface area contributed by atoms with Crippen LogP contribution in [0.4, 0.5) is 51.1 Å². The Morgan fingerprint density at radius 1 is 0.841 bits per heavy atom. The highest BCUT2D eigenvalue weighted by atomic mass is 19.4. The smallest absolute Gasteiger partial charge is 0.370 e. The quantitative estimate of drug-likeness (QED) is 0.262. The van der Waals surface area contributed by atoms with Crippen LogP contribution >= 0.6 is 0 Å². The van der Waals surface area contributed by atoms with Crippen LogP contribution in [0.3, 0.4) is 0 Å². The molecule has 0 amide bonds. The lowest BCUT2D eigenvalue weighted by Gasteiger charge is -2.33. The normalized spacial score (nSPS) is 18.4. The van der Waals surface area contributed by atoms with Gasteiger partial charge in [0.15, 0.2) is 0 Å². The van der Waals surface area contributed by atoms with Gasteiger partial charge < -0.3 is 9.80 Å². The van der Waals surface area contributed by atoms with E-state index in [0.29, 0.717) is 31.6 Å². The van der Waals surface area contributed by atoms with E-state index in [1.54, 1.807) is 0 Å². The third-order valence-corrected chi connectivity index (χ3v) is 8.17. The number of aromatic nitrogens is 5. The first-order chi connectivity index (χ1) is 20.5. The molecule has 5 rings (SSSR count). The number of hydrogen-bond donors (Lipinski definition) is 0. The van der Waals surface area contributed by atoms with E-state index in [1.807, 2.05) is 4.90 Å². The Morgan fingerprint density at radius 2 is 1.48 bits per heavy atom. The number of halogens is 9. The Balaban J connectivity index is 1.64. The number of tetrazole rings is 1. The van der Waals surface area contributed by atoms with E-state index in [9.17, 15) is 39.5 Å². The molecule has 3 aromatic rings. The lowest BCUT2D eigenvalue weighted by atomic mass is 10.0. The number of pyridine rings is 1. The van der Waals surface area contributed by atoms with Crippen molar-refractivity contribution in [2.45, 2.75) is 76.6 Å². The van der Waals surface area contributed by atoms with Gasteiger partial charge in [-0.3, -0.25) is 4.98 Å². The van der Waals surface area contributed by atoms with Crippen molar-refractivity contribution < 1.29 is 39.5 Å². The summed E-state index contributed by atoms with van der Waals surface area (Å²) in [4.78, 5) is 8.73. The zero-order chi connectivity index (χ0) is 32.0. The van der Waals surface area contributed by atoms with Gasteiger partial charge in [-0.2, -0.15) is 44.3 Å². The molecule has 16 heteroatoms. The van der Waals surface area contributed by atoms with Crippen LogP contribution < -0.4 is 9.80 Å². The van der Waals surface area contributed by atoms with Crippen LogP contribution in [0.2, 0.25) is 0 Å². The van der Waals surface area contributed by atoms with E-state index in [0.717, 1.165) is 36.5 Å². The molecule has 44 heavy (non-hydrogen) atoms. The minimum absolute atomic E-state index is 0.0415. The van der Waals surface area contributed by atoms with Crippen LogP contribution in [0, 0.1) is 12.8 Å². The Morgan fingerprint density at radius 3 is 2.02 bits per heavy atom. The van der Waals surface area contributed by atoms with E-state index >= 15 is 0 Å². The van der Waals surface area contributed by atoms with Crippen molar-refractivity contribution in [3.63, 3.8) is 0 Å². The van der Waals surface area contributed by atoms with Crippen LogP contribution in [0.5, 0.6) is 0 Å². The fourth-order valence-electron chi connectivity index (χ4n) is 6.15. The van der Waals surface area contributed by atoms with Gasteiger partial charge in [0.25, 0.3) is 5.95 Å². The highest BCUT2D eigenvalue weighted by Gasteiger charge is 2.40. The number of anilines is 2. The maximum absolute atomic E-state index is 14.0. The third kappa shape index (κ3) is 6.88. The van der Waals surface area contributed by atoms with Gasteiger partial charge in [-0.1, -0.05) is 17.9 Å². The van der Waals surface area contributed by atoms with Crippen LogP contribution in [0.25, 0.3) is 0 Å². The average molecular weight is 636 g/mol. The highest BCUT2D eigenvalue weighted by Crippen LogP contribution is 2.43. The molecule has 2 aliphatic rings. The van der Waals surface area contributed by atoms with Crippen molar-refractivity contribution in [2.75, 3.05) is 22.9 Å². The molecule has 240 valence electrons. The molecule has 0 radical (unpaired) electrons. The molecule has 1 unspecified atom stereocenters. The highest BCUT2D eigenvalue weighted by molar-refractivity contribution is 5.58. The molecule has 0 N–H and O–H groups in total. The summed E-state index contributed by atoms with van der Waals surface area (Å²) < 4.78 is 124. The third-order valence-electron chi connectivity index (χ3n) is 8.17. The lowest BCUT2D eigenvalue weighted by molar-refractivity contribution is -0.143. The Kier molecular flexibility index (Phi) is 8.48. The van der Waals surface area contributed by atoms with Crippen molar-refractivity contribution in [3.8, 4) is 0 Å². The van der Waals surface area contributed by atoms with Crippen LogP contribution in [-0.2, 0) is 32.1 Å². The van der Waals surface area contributed by atoms with Gasteiger partial charge in [-0.05, 0) is 73.6 Å². The summed E-state index contributed by atoms with van der Waals surface area (Å²) in [6.45, 7) is 1.60. The molecule has 1 aromatic carbocycles. The second-order valence-electron chi connectivity index (χ2n) is 11.4. The molecule has 1 aliphatic heterocycles. The van der Waals surface area contributed by atoms with Gasteiger partial charge in [0.1, 0.15) is 0 Å². The van der Waals surface area contributed by atoms with E-state index in [2.05, 4.69) is 20.4 Å². The zero-order valence-electron chi connectivity index (χ0n) is 23.9. The van der Waals surface area contributed by atoms with Crippen molar-refractivity contribution in [3.05, 3.63) is 57.9 Å². The molecular weight excluding hydrogens is 605 g/mol. The molecule has 0 saturated heterocycles. The SMILES string of the molecule is Cc1nc2c(cc1C(F)(F)F)N(CC1CCCC1)CCCC2N(Cc1cc(C(F)(F)F)cc(C(F)(F)F)c1)c1nnn(C)n1. The van der Waals surface area contributed by atoms with Crippen molar-refractivity contribution in [1.29, 1.82) is 0 Å². The maximum atomic E-state index is 14.0. The zero-order valence-corrected chi connectivity index (χ0v) is 23.9. The van der Waals surface area contributed by atoms with Crippen molar-refractivity contribution in [2.24, 2.45) is 13.0 Å². The minimum atomic E-state index is -5.06. The molecule has 1 aliphatic carbocycles. The van der Waals surface area contributed by atoms with Gasteiger partial charge >= 0.3 is 18.5 Å². The summed E-state index contributed by atoms with van der Waals surface area (Å²) in [5.41, 5.74) is -4.06. The molecule has 7 nitrogen and oxygen atoms in total. The summed E-state index contributed by atoms with van der Waals surface area (Å²) in [5, 5.41) is 11.9. The topological polar surface area (TPSA) is 63.0 Å². The molecule has 2 aromatic heterocycles. The number of nitrogens with zero attached hydrogens (tertiary/aromatic N) is 7. The van der Waals surface area contributed by atoms with Crippen LogP contribution in [0.1, 0.15) is 78.2 Å². The monoisotopic (exact) mass is 635 g/mol. The Hall–Kier alpha value is -3.59. The summed E-state index contributed by atoms with van der Waals surface area (Å²) in [7, 11) is 1.43. The van der Waals surface area contributed by atoms with Crippen LogP contribution in [-0.4, -0.2) is 38.3 Å². The second-order valence-corrected chi connectivity index (χ2v) is 11.4. The predicted octanol–water partition coefficient (Wildman–Crippen LogP) is 7.51. The Bertz CT molecular complexity index is 1440. The second kappa shape index (κ2) is 11.7. The number of aryl methyl sites for hydroxylation is 2. The van der Waals surface area contributed by atoms with Gasteiger partial charge in [0.2, 0.25) is 0 Å². The van der Waals surface area contributed by atoms with E-state index in [-0.39, 0.29) is 47.0 Å². The Labute approximate surface area is 247 Å². The summed E-state index contributed by atoms with van der Waals surface area (Å²) in [5.74, 6) is 0.164. The number of fused-ring (bicyclic) bond motifs is 1. The first-order valence-electron chi connectivity index (χ1n) is 14.1. The molecule has 0 bridgehead atoms.